The van der Waals surface area contributed by atoms with Crippen LogP contribution >= 0.6 is 0 Å². The Bertz CT molecular complexity index is 912. The molecule has 0 fully saturated rings. The Morgan fingerprint density at radius 3 is 2.29 bits per heavy atom. The van der Waals surface area contributed by atoms with Gasteiger partial charge >= 0.3 is 6.09 Å². The van der Waals surface area contributed by atoms with Crippen LogP contribution in [-0.2, 0) is 9.53 Å². The van der Waals surface area contributed by atoms with Gasteiger partial charge in [0.15, 0.2) is 11.5 Å². The predicted molar refractivity (Wildman–Crippen MR) is 104 cm³/mol. The van der Waals surface area contributed by atoms with E-state index >= 15 is 0 Å². The first kappa shape index (κ1) is 19.3. The molecular formula is C20H22N2O6. The molecule has 1 atom stereocenters. The molecule has 8 heteroatoms. The van der Waals surface area contributed by atoms with Crippen molar-refractivity contribution >= 4 is 23.4 Å². The minimum Gasteiger partial charge on any atom is -0.496 e. The summed E-state index contributed by atoms with van der Waals surface area (Å²) in [7, 11) is 5.96. The summed E-state index contributed by atoms with van der Waals surface area (Å²) in [6, 6.07) is 8.89. The fraction of sp³-hybridized carbons (Fsp3) is 0.300. The van der Waals surface area contributed by atoms with Crippen molar-refractivity contribution in [3.05, 3.63) is 41.5 Å². The van der Waals surface area contributed by atoms with Crippen LogP contribution in [0.2, 0.25) is 0 Å². The summed E-state index contributed by atoms with van der Waals surface area (Å²) in [6.07, 6.45) is -0.331. The van der Waals surface area contributed by atoms with Crippen molar-refractivity contribution in [1.82, 2.24) is 0 Å². The van der Waals surface area contributed by atoms with E-state index in [2.05, 4.69) is 15.4 Å². The average Bonchev–Trinajstić information content (AvgIpc) is 2.71. The summed E-state index contributed by atoms with van der Waals surface area (Å²) in [6.45, 7) is 0. The molecule has 0 unspecified atom stereocenters. The SMILES string of the molecule is COC(=O)Nc1ccc2c(c1)NC(=O)C[C@H]2c1cc(OC)c(OC)cc1OC. The maximum absolute atomic E-state index is 12.4. The van der Waals surface area contributed by atoms with E-state index in [4.69, 9.17) is 14.2 Å². The summed E-state index contributed by atoms with van der Waals surface area (Å²) < 4.78 is 20.9. The van der Waals surface area contributed by atoms with Crippen molar-refractivity contribution in [3.63, 3.8) is 0 Å². The highest BCUT2D eigenvalue weighted by Gasteiger charge is 2.30. The quantitative estimate of drug-likeness (QED) is 0.818. The van der Waals surface area contributed by atoms with E-state index in [1.54, 1.807) is 39.5 Å². The second-order valence-corrected chi connectivity index (χ2v) is 6.17. The maximum Gasteiger partial charge on any atom is 0.411 e. The number of fused-ring (bicyclic) bond motifs is 1. The molecule has 2 amide bonds. The maximum atomic E-state index is 12.4. The third-order valence-corrected chi connectivity index (χ3v) is 4.64. The number of carbonyl (C=O) groups excluding carboxylic acids is 2. The van der Waals surface area contributed by atoms with Crippen LogP contribution in [0.3, 0.4) is 0 Å². The van der Waals surface area contributed by atoms with E-state index in [9.17, 15) is 9.59 Å². The van der Waals surface area contributed by atoms with Crippen LogP contribution in [0.5, 0.6) is 17.2 Å². The minimum atomic E-state index is -0.583. The molecule has 0 aliphatic carbocycles. The molecule has 0 aromatic heterocycles. The van der Waals surface area contributed by atoms with E-state index in [1.165, 1.54) is 7.11 Å². The zero-order valence-electron chi connectivity index (χ0n) is 16.1. The van der Waals surface area contributed by atoms with Gasteiger partial charge in [-0.25, -0.2) is 4.79 Å². The van der Waals surface area contributed by atoms with Gasteiger partial charge in [0.2, 0.25) is 5.91 Å². The molecule has 0 saturated heterocycles. The first-order valence-corrected chi connectivity index (χ1v) is 8.59. The van der Waals surface area contributed by atoms with E-state index in [1.807, 2.05) is 12.1 Å². The summed E-state index contributed by atoms with van der Waals surface area (Å²) in [5.41, 5.74) is 2.85. The molecule has 148 valence electrons. The van der Waals surface area contributed by atoms with Gasteiger partial charge in [0.25, 0.3) is 0 Å². The molecule has 28 heavy (non-hydrogen) atoms. The standard InChI is InChI=1S/C20H22N2O6/c1-25-16-10-18(27-3)17(26-2)8-14(16)13-9-19(23)22-15-7-11(5-6-12(13)15)21-20(24)28-4/h5-8,10,13H,9H2,1-4H3,(H,21,24)(H,22,23)/t13-/m1/s1. The molecular weight excluding hydrogens is 364 g/mol. The number of benzene rings is 2. The number of rotatable bonds is 5. The van der Waals surface area contributed by atoms with Gasteiger partial charge in [-0.2, -0.15) is 0 Å². The Morgan fingerprint density at radius 1 is 0.964 bits per heavy atom. The summed E-state index contributed by atoms with van der Waals surface area (Å²) in [5.74, 6) is 1.31. The lowest BCUT2D eigenvalue weighted by Gasteiger charge is -2.28. The van der Waals surface area contributed by atoms with Gasteiger partial charge in [0.05, 0.1) is 28.4 Å². The molecule has 8 nitrogen and oxygen atoms in total. The topological polar surface area (TPSA) is 95.1 Å². The first-order valence-electron chi connectivity index (χ1n) is 8.59. The van der Waals surface area contributed by atoms with Crippen molar-refractivity contribution in [2.24, 2.45) is 0 Å². The Hall–Kier alpha value is -3.42. The van der Waals surface area contributed by atoms with Crippen LogP contribution in [0.15, 0.2) is 30.3 Å². The van der Waals surface area contributed by atoms with Gasteiger partial charge in [0, 0.05) is 35.3 Å². The van der Waals surface area contributed by atoms with Crippen molar-refractivity contribution in [2.75, 3.05) is 39.1 Å². The van der Waals surface area contributed by atoms with E-state index in [0.29, 0.717) is 28.6 Å². The van der Waals surface area contributed by atoms with Crippen molar-refractivity contribution in [2.45, 2.75) is 12.3 Å². The lowest BCUT2D eigenvalue weighted by Crippen LogP contribution is -2.24. The highest BCUT2D eigenvalue weighted by Crippen LogP contribution is 2.45. The molecule has 0 spiro atoms. The van der Waals surface area contributed by atoms with E-state index < -0.39 is 6.09 Å². The van der Waals surface area contributed by atoms with Gasteiger partial charge in [-0.3, -0.25) is 10.1 Å². The van der Waals surface area contributed by atoms with Gasteiger partial charge < -0.3 is 24.3 Å². The number of hydrogen-bond acceptors (Lipinski definition) is 6. The van der Waals surface area contributed by atoms with Gasteiger partial charge in [-0.15, -0.1) is 0 Å². The van der Waals surface area contributed by atoms with Crippen LogP contribution < -0.4 is 24.8 Å². The number of nitrogens with one attached hydrogen (secondary N) is 2. The monoisotopic (exact) mass is 386 g/mol. The number of methoxy groups -OCH3 is 4. The zero-order valence-corrected chi connectivity index (χ0v) is 16.1. The molecule has 3 rings (SSSR count). The van der Waals surface area contributed by atoms with Crippen molar-refractivity contribution < 1.29 is 28.5 Å². The number of carbonyl (C=O) groups is 2. The Balaban J connectivity index is 2.07. The molecule has 1 aliphatic rings. The summed E-state index contributed by atoms with van der Waals surface area (Å²) >= 11 is 0. The van der Waals surface area contributed by atoms with Crippen molar-refractivity contribution in [3.8, 4) is 17.2 Å². The molecule has 2 aromatic carbocycles. The van der Waals surface area contributed by atoms with Crippen molar-refractivity contribution in [1.29, 1.82) is 0 Å². The van der Waals surface area contributed by atoms with Gasteiger partial charge in [0.1, 0.15) is 5.75 Å². The highest BCUT2D eigenvalue weighted by atomic mass is 16.5. The molecule has 0 saturated carbocycles. The number of ether oxygens (including phenoxy) is 4. The minimum absolute atomic E-state index is 0.135. The number of amides is 2. The lowest BCUT2D eigenvalue weighted by atomic mass is 9.84. The Morgan fingerprint density at radius 2 is 1.64 bits per heavy atom. The van der Waals surface area contributed by atoms with Crippen LogP contribution in [0.25, 0.3) is 0 Å². The van der Waals surface area contributed by atoms with Crippen LogP contribution in [-0.4, -0.2) is 40.4 Å². The van der Waals surface area contributed by atoms with Gasteiger partial charge in [-0.05, 0) is 23.8 Å². The van der Waals surface area contributed by atoms with Crippen LogP contribution in [0.4, 0.5) is 16.2 Å². The predicted octanol–water partition coefficient (Wildman–Crippen LogP) is 3.36. The molecule has 1 heterocycles. The fourth-order valence-electron chi connectivity index (χ4n) is 3.31. The summed E-state index contributed by atoms with van der Waals surface area (Å²) in [5, 5.41) is 5.45. The molecule has 1 aliphatic heterocycles. The second kappa shape index (κ2) is 8.08. The second-order valence-electron chi connectivity index (χ2n) is 6.17. The van der Waals surface area contributed by atoms with Crippen LogP contribution in [0.1, 0.15) is 23.5 Å². The third kappa shape index (κ3) is 3.66. The smallest absolute Gasteiger partial charge is 0.411 e. The molecule has 2 aromatic rings. The Kier molecular flexibility index (Phi) is 5.58. The largest absolute Gasteiger partial charge is 0.496 e. The van der Waals surface area contributed by atoms with Gasteiger partial charge in [-0.1, -0.05) is 6.07 Å². The zero-order chi connectivity index (χ0) is 20.3. The molecule has 0 radical (unpaired) electrons. The third-order valence-electron chi connectivity index (χ3n) is 4.64. The van der Waals surface area contributed by atoms with E-state index in [0.717, 1.165) is 11.1 Å². The number of anilines is 2. The average molecular weight is 386 g/mol. The lowest BCUT2D eigenvalue weighted by molar-refractivity contribution is -0.116. The van der Waals surface area contributed by atoms with Crippen LogP contribution in [0, 0.1) is 0 Å². The summed E-state index contributed by atoms with van der Waals surface area (Å²) in [4.78, 5) is 23.8. The molecule has 2 N–H and O–H groups in total. The highest BCUT2D eigenvalue weighted by molar-refractivity contribution is 5.97. The normalized spacial score (nSPS) is 15.1. The molecule has 0 bridgehead atoms. The Labute approximate surface area is 162 Å². The first-order chi connectivity index (χ1) is 13.5. The number of hydrogen-bond donors (Lipinski definition) is 2. The fourth-order valence-corrected chi connectivity index (χ4v) is 3.31. The van der Waals surface area contributed by atoms with E-state index in [-0.39, 0.29) is 18.2 Å².